The largest absolute Gasteiger partial charge is 0.353 e. The Labute approximate surface area is 93.8 Å². The third kappa shape index (κ3) is 2.59. The van der Waals surface area contributed by atoms with Gasteiger partial charge in [-0.25, -0.2) is 4.98 Å². The number of nitrogens with zero attached hydrogens (tertiary/aromatic N) is 2. The van der Waals surface area contributed by atoms with Gasteiger partial charge in [-0.3, -0.25) is 0 Å². The molecule has 15 heavy (non-hydrogen) atoms. The molecule has 0 aliphatic heterocycles. The van der Waals surface area contributed by atoms with Gasteiger partial charge in [-0.1, -0.05) is 0 Å². The summed E-state index contributed by atoms with van der Waals surface area (Å²) in [5, 5.41) is 7.69. The second-order valence-electron chi connectivity index (χ2n) is 3.74. The molecule has 4 heteroatoms. The summed E-state index contributed by atoms with van der Waals surface area (Å²) < 4.78 is 1.99. The van der Waals surface area contributed by atoms with Crippen molar-refractivity contribution in [1.82, 2.24) is 9.55 Å². The van der Waals surface area contributed by atoms with Crippen LogP contribution in [0.15, 0.2) is 29.2 Å². The van der Waals surface area contributed by atoms with Gasteiger partial charge in [0, 0.05) is 25.5 Å². The summed E-state index contributed by atoms with van der Waals surface area (Å²) >= 11 is 1.74. The minimum Gasteiger partial charge on any atom is -0.353 e. The SMILES string of the molecule is CC(Cc1ccsc1)Nc1nccn1C. The second-order valence-corrected chi connectivity index (χ2v) is 4.52. The van der Waals surface area contributed by atoms with Gasteiger partial charge in [0.25, 0.3) is 0 Å². The highest BCUT2D eigenvalue weighted by Crippen LogP contribution is 2.11. The van der Waals surface area contributed by atoms with Gasteiger partial charge in [0.15, 0.2) is 0 Å². The second kappa shape index (κ2) is 4.49. The van der Waals surface area contributed by atoms with E-state index in [0.29, 0.717) is 6.04 Å². The highest BCUT2D eigenvalue weighted by Gasteiger charge is 2.06. The van der Waals surface area contributed by atoms with Crippen LogP contribution in [0.1, 0.15) is 12.5 Å². The van der Waals surface area contributed by atoms with E-state index >= 15 is 0 Å². The number of nitrogens with one attached hydrogen (secondary N) is 1. The number of imidazole rings is 1. The first-order valence-electron chi connectivity index (χ1n) is 5.00. The van der Waals surface area contributed by atoms with Crippen molar-refractivity contribution < 1.29 is 0 Å². The molecule has 80 valence electrons. The monoisotopic (exact) mass is 221 g/mol. The fourth-order valence-electron chi connectivity index (χ4n) is 1.54. The summed E-state index contributed by atoms with van der Waals surface area (Å²) in [5.41, 5.74) is 1.38. The van der Waals surface area contributed by atoms with Crippen molar-refractivity contribution in [2.45, 2.75) is 19.4 Å². The quantitative estimate of drug-likeness (QED) is 0.859. The number of aromatic nitrogens is 2. The predicted molar refractivity (Wildman–Crippen MR) is 64.3 cm³/mol. The Morgan fingerprint density at radius 2 is 2.47 bits per heavy atom. The number of hydrogen-bond acceptors (Lipinski definition) is 3. The molecule has 0 aliphatic rings. The smallest absolute Gasteiger partial charge is 0.202 e. The van der Waals surface area contributed by atoms with Crippen molar-refractivity contribution in [2.75, 3.05) is 5.32 Å². The van der Waals surface area contributed by atoms with Gasteiger partial charge in [-0.15, -0.1) is 0 Å². The van der Waals surface area contributed by atoms with Gasteiger partial charge in [0.2, 0.25) is 5.95 Å². The van der Waals surface area contributed by atoms with E-state index in [4.69, 9.17) is 0 Å². The van der Waals surface area contributed by atoms with Crippen LogP contribution in [0.4, 0.5) is 5.95 Å². The van der Waals surface area contributed by atoms with Gasteiger partial charge in [0.05, 0.1) is 0 Å². The third-order valence-electron chi connectivity index (χ3n) is 2.32. The molecule has 0 saturated heterocycles. The van der Waals surface area contributed by atoms with Crippen LogP contribution in [-0.4, -0.2) is 15.6 Å². The van der Waals surface area contributed by atoms with Crippen LogP contribution < -0.4 is 5.32 Å². The summed E-state index contributed by atoms with van der Waals surface area (Å²) in [6.45, 7) is 2.17. The van der Waals surface area contributed by atoms with Crippen LogP contribution in [0.3, 0.4) is 0 Å². The molecule has 2 rings (SSSR count). The van der Waals surface area contributed by atoms with Gasteiger partial charge >= 0.3 is 0 Å². The number of aryl methyl sites for hydroxylation is 1. The number of hydrogen-bond donors (Lipinski definition) is 1. The topological polar surface area (TPSA) is 29.9 Å². The third-order valence-corrected chi connectivity index (χ3v) is 3.05. The normalized spacial score (nSPS) is 12.7. The predicted octanol–water partition coefficient (Wildman–Crippen LogP) is 2.52. The Kier molecular flexibility index (Phi) is 3.06. The van der Waals surface area contributed by atoms with E-state index in [1.807, 2.05) is 17.8 Å². The van der Waals surface area contributed by atoms with Crippen LogP contribution in [0.25, 0.3) is 0 Å². The number of thiophene rings is 1. The van der Waals surface area contributed by atoms with E-state index in [1.165, 1.54) is 5.56 Å². The molecule has 0 saturated carbocycles. The summed E-state index contributed by atoms with van der Waals surface area (Å²) in [6, 6.07) is 2.57. The van der Waals surface area contributed by atoms with Gasteiger partial charge in [-0.2, -0.15) is 11.3 Å². The van der Waals surface area contributed by atoms with Crippen LogP contribution in [0.5, 0.6) is 0 Å². The summed E-state index contributed by atoms with van der Waals surface area (Å²) in [5.74, 6) is 0.928. The van der Waals surface area contributed by atoms with Crippen molar-refractivity contribution in [1.29, 1.82) is 0 Å². The molecular weight excluding hydrogens is 206 g/mol. The molecule has 3 nitrogen and oxygen atoms in total. The van der Waals surface area contributed by atoms with E-state index in [0.717, 1.165) is 12.4 Å². The van der Waals surface area contributed by atoms with E-state index < -0.39 is 0 Å². The first-order chi connectivity index (χ1) is 7.25. The molecule has 2 aromatic heterocycles. The number of anilines is 1. The maximum atomic E-state index is 4.24. The van der Waals surface area contributed by atoms with Crippen molar-refractivity contribution >= 4 is 17.3 Å². The first-order valence-corrected chi connectivity index (χ1v) is 5.95. The lowest BCUT2D eigenvalue weighted by atomic mass is 10.1. The van der Waals surface area contributed by atoms with Crippen molar-refractivity contribution in [3.63, 3.8) is 0 Å². The maximum absolute atomic E-state index is 4.24. The lowest BCUT2D eigenvalue weighted by molar-refractivity contribution is 0.763. The lowest BCUT2D eigenvalue weighted by Gasteiger charge is -2.13. The van der Waals surface area contributed by atoms with Crippen LogP contribution in [0.2, 0.25) is 0 Å². The molecule has 0 amide bonds. The fourth-order valence-corrected chi connectivity index (χ4v) is 2.22. The van der Waals surface area contributed by atoms with Gasteiger partial charge in [0.1, 0.15) is 0 Å². The Morgan fingerprint density at radius 3 is 3.07 bits per heavy atom. The van der Waals surface area contributed by atoms with Crippen LogP contribution >= 0.6 is 11.3 Å². The van der Waals surface area contributed by atoms with Gasteiger partial charge < -0.3 is 9.88 Å². The van der Waals surface area contributed by atoms with Crippen molar-refractivity contribution in [3.8, 4) is 0 Å². The summed E-state index contributed by atoms with van der Waals surface area (Å²) in [6.07, 6.45) is 4.79. The molecule has 0 fully saturated rings. The Morgan fingerprint density at radius 1 is 1.60 bits per heavy atom. The minimum absolute atomic E-state index is 0.403. The molecule has 2 aromatic rings. The van der Waals surface area contributed by atoms with E-state index in [9.17, 15) is 0 Å². The Hall–Kier alpha value is -1.29. The van der Waals surface area contributed by atoms with Crippen molar-refractivity contribution in [2.24, 2.45) is 7.05 Å². The average Bonchev–Trinajstić information content (AvgIpc) is 2.79. The molecule has 2 heterocycles. The molecular formula is C11H15N3S. The number of rotatable bonds is 4. The first kappa shape index (κ1) is 10.2. The van der Waals surface area contributed by atoms with Crippen LogP contribution in [-0.2, 0) is 13.5 Å². The van der Waals surface area contributed by atoms with Crippen molar-refractivity contribution in [3.05, 3.63) is 34.8 Å². The highest BCUT2D eigenvalue weighted by molar-refractivity contribution is 7.07. The van der Waals surface area contributed by atoms with E-state index in [2.05, 4.69) is 34.1 Å². The molecule has 0 radical (unpaired) electrons. The Bertz CT molecular complexity index is 405. The zero-order valence-corrected chi connectivity index (χ0v) is 9.79. The molecule has 0 aromatic carbocycles. The molecule has 0 bridgehead atoms. The van der Waals surface area contributed by atoms with E-state index in [-0.39, 0.29) is 0 Å². The van der Waals surface area contributed by atoms with Crippen LogP contribution in [0, 0.1) is 0 Å². The van der Waals surface area contributed by atoms with E-state index in [1.54, 1.807) is 17.5 Å². The zero-order valence-electron chi connectivity index (χ0n) is 8.97. The molecule has 1 unspecified atom stereocenters. The highest BCUT2D eigenvalue weighted by atomic mass is 32.1. The Balaban J connectivity index is 1.93. The lowest BCUT2D eigenvalue weighted by Crippen LogP contribution is -2.19. The minimum atomic E-state index is 0.403. The fraction of sp³-hybridized carbons (Fsp3) is 0.364. The molecule has 1 N–H and O–H groups in total. The summed E-state index contributed by atoms with van der Waals surface area (Å²) in [4.78, 5) is 4.24. The zero-order chi connectivity index (χ0) is 10.7. The average molecular weight is 221 g/mol. The molecule has 0 spiro atoms. The van der Waals surface area contributed by atoms with Gasteiger partial charge in [-0.05, 0) is 35.7 Å². The maximum Gasteiger partial charge on any atom is 0.202 e. The molecule has 1 atom stereocenters. The summed E-state index contributed by atoms with van der Waals surface area (Å²) in [7, 11) is 1.99. The standard InChI is InChI=1S/C11H15N3S/c1-9(7-10-3-6-15-8-10)13-11-12-4-5-14(11)2/h3-6,8-9H,7H2,1-2H3,(H,12,13). The molecule has 0 aliphatic carbocycles.